The zero-order valence-electron chi connectivity index (χ0n) is 12.2. The number of carbonyl (C=O) groups excluding carboxylic acids is 1. The summed E-state index contributed by atoms with van der Waals surface area (Å²) in [5.41, 5.74) is -1.13. The number of carboxylic acids is 1. The van der Waals surface area contributed by atoms with E-state index in [4.69, 9.17) is 19.3 Å². The molecular formula is C13H14F3NO6. The van der Waals surface area contributed by atoms with Crippen molar-refractivity contribution in [3.05, 3.63) is 17.7 Å². The minimum atomic E-state index is -5.16. The first kappa shape index (κ1) is 18.6. The van der Waals surface area contributed by atoms with Gasteiger partial charge in [0.25, 0.3) is 0 Å². The Labute approximate surface area is 128 Å². The number of halogens is 3. The van der Waals surface area contributed by atoms with E-state index in [1.54, 1.807) is 0 Å². The van der Waals surface area contributed by atoms with Crippen LogP contribution in [0, 0.1) is 0 Å². The predicted molar refractivity (Wildman–Crippen MR) is 72.0 cm³/mol. The predicted octanol–water partition coefficient (Wildman–Crippen LogP) is 1.92. The second kappa shape index (κ2) is 7.68. The number of methoxy groups -OCH3 is 2. The van der Waals surface area contributed by atoms with E-state index in [1.165, 1.54) is 19.5 Å². The van der Waals surface area contributed by atoms with Crippen molar-refractivity contribution in [1.82, 2.24) is 0 Å². The van der Waals surface area contributed by atoms with Gasteiger partial charge in [0, 0.05) is 19.2 Å². The number of alkyl halides is 3. The molecule has 1 aromatic carbocycles. The Hall–Kier alpha value is -2.49. The maximum Gasteiger partial charge on any atom is 0.471 e. The molecule has 0 fully saturated rings. The number of benzene rings is 1. The lowest BCUT2D eigenvalue weighted by atomic mass is 10.1. The molecular weight excluding hydrogens is 323 g/mol. The second-order valence-corrected chi connectivity index (χ2v) is 4.15. The van der Waals surface area contributed by atoms with Crippen molar-refractivity contribution in [3.8, 4) is 11.5 Å². The maximum atomic E-state index is 12.3. The number of hydrogen-bond donors (Lipinski definition) is 2. The quantitative estimate of drug-likeness (QED) is 0.738. The van der Waals surface area contributed by atoms with E-state index in [2.05, 4.69) is 0 Å². The number of anilines is 1. The van der Waals surface area contributed by atoms with Crippen LogP contribution in [0.4, 0.5) is 18.9 Å². The van der Waals surface area contributed by atoms with E-state index >= 15 is 0 Å². The smallest absolute Gasteiger partial charge is 0.471 e. The van der Waals surface area contributed by atoms with Gasteiger partial charge in [-0.25, -0.2) is 4.79 Å². The molecule has 10 heteroatoms. The van der Waals surface area contributed by atoms with Gasteiger partial charge < -0.3 is 24.6 Å². The van der Waals surface area contributed by atoms with Crippen molar-refractivity contribution < 1.29 is 42.1 Å². The molecule has 0 heterocycles. The summed E-state index contributed by atoms with van der Waals surface area (Å²) in [4.78, 5) is 22.2. The van der Waals surface area contributed by atoms with Crippen molar-refractivity contribution in [1.29, 1.82) is 0 Å². The number of nitrogens with one attached hydrogen (secondary N) is 1. The van der Waals surface area contributed by atoms with Gasteiger partial charge in [0.15, 0.2) is 11.5 Å². The third-order valence-corrected chi connectivity index (χ3v) is 2.58. The Morgan fingerprint density at radius 1 is 1.17 bits per heavy atom. The molecule has 0 aliphatic carbocycles. The van der Waals surface area contributed by atoms with Gasteiger partial charge in [-0.3, -0.25) is 4.79 Å². The third-order valence-electron chi connectivity index (χ3n) is 2.58. The topological polar surface area (TPSA) is 94.1 Å². The molecule has 1 aromatic rings. The molecule has 1 rings (SSSR count). The zero-order valence-corrected chi connectivity index (χ0v) is 12.2. The Bertz CT molecular complexity index is 588. The molecule has 0 saturated heterocycles. The number of ether oxygens (including phenoxy) is 3. The minimum Gasteiger partial charge on any atom is -0.493 e. The highest BCUT2D eigenvalue weighted by atomic mass is 19.4. The van der Waals surface area contributed by atoms with E-state index < -0.39 is 29.3 Å². The fourth-order valence-electron chi connectivity index (χ4n) is 1.54. The molecule has 7 nitrogen and oxygen atoms in total. The van der Waals surface area contributed by atoms with Crippen LogP contribution in [-0.4, -0.2) is 50.6 Å². The Balaban J connectivity index is 3.21. The van der Waals surface area contributed by atoms with Crippen molar-refractivity contribution in [3.63, 3.8) is 0 Å². The molecule has 0 saturated carbocycles. The molecule has 0 radical (unpaired) electrons. The molecule has 0 spiro atoms. The molecule has 0 aromatic heterocycles. The molecule has 23 heavy (non-hydrogen) atoms. The summed E-state index contributed by atoms with van der Waals surface area (Å²) in [7, 11) is 2.65. The summed E-state index contributed by atoms with van der Waals surface area (Å²) >= 11 is 0. The van der Waals surface area contributed by atoms with Gasteiger partial charge in [-0.05, 0) is 0 Å². The van der Waals surface area contributed by atoms with Gasteiger partial charge in [-0.1, -0.05) is 0 Å². The molecule has 2 N–H and O–H groups in total. The molecule has 1 amide bonds. The highest BCUT2D eigenvalue weighted by molar-refractivity contribution is 6.03. The molecule has 0 aliphatic heterocycles. The Morgan fingerprint density at radius 3 is 2.30 bits per heavy atom. The van der Waals surface area contributed by atoms with Crippen LogP contribution in [0.25, 0.3) is 0 Å². The molecule has 0 aliphatic rings. The summed E-state index contributed by atoms with van der Waals surface area (Å²) in [6.07, 6.45) is -5.16. The summed E-state index contributed by atoms with van der Waals surface area (Å²) in [5, 5.41) is 10.6. The monoisotopic (exact) mass is 337 g/mol. The maximum absolute atomic E-state index is 12.3. The van der Waals surface area contributed by atoms with Crippen LogP contribution in [0.5, 0.6) is 11.5 Å². The normalized spacial score (nSPS) is 11.0. The van der Waals surface area contributed by atoms with Crippen LogP contribution in [0.3, 0.4) is 0 Å². The summed E-state index contributed by atoms with van der Waals surface area (Å²) in [6, 6.07) is 1.90. The first-order chi connectivity index (χ1) is 10.7. The second-order valence-electron chi connectivity index (χ2n) is 4.15. The molecule has 0 unspecified atom stereocenters. The van der Waals surface area contributed by atoms with Crippen molar-refractivity contribution in [2.24, 2.45) is 0 Å². The van der Waals surface area contributed by atoms with E-state index in [9.17, 15) is 22.8 Å². The average molecular weight is 337 g/mol. The number of carboxylic acid groups (broad SMARTS) is 1. The Kier molecular flexibility index (Phi) is 6.19. The van der Waals surface area contributed by atoms with Crippen LogP contribution >= 0.6 is 0 Å². The lowest BCUT2D eigenvalue weighted by Gasteiger charge is -2.15. The van der Waals surface area contributed by atoms with Gasteiger partial charge >= 0.3 is 18.1 Å². The fraction of sp³-hybridized carbons (Fsp3) is 0.385. The number of rotatable bonds is 7. The standard InChI is InChI=1S/C13H14F3NO6/c1-21-3-4-23-10-6-8(17-12(20)13(14,15)16)7(11(18)19)5-9(10)22-2/h5-6H,3-4H2,1-2H3,(H,17,20)(H,18,19). The van der Waals surface area contributed by atoms with E-state index in [1.807, 2.05) is 0 Å². The van der Waals surface area contributed by atoms with Gasteiger partial charge in [-0.15, -0.1) is 0 Å². The fourth-order valence-corrected chi connectivity index (χ4v) is 1.54. The zero-order chi connectivity index (χ0) is 17.6. The number of carbonyl (C=O) groups is 2. The first-order valence-electron chi connectivity index (χ1n) is 6.16. The van der Waals surface area contributed by atoms with Crippen molar-refractivity contribution >= 4 is 17.6 Å². The lowest BCUT2D eigenvalue weighted by molar-refractivity contribution is -0.167. The van der Waals surface area contributed by atoms with Gasteiger partial charge in [-0.2, -0.15) is 13.2 Å². The average Bonchev–Trinajstić information content (AvgIpc) is 2.46. The first-order valence-corrected chi connectivity index (χ1v) is 6.16. The summed E-state index contributed by atoms with van der Waals surface area (Å²) < 4.78 is 51.9. The summed E-state index contributed by atoms with van der Waals surface area (Å²) in [5.74, 6) is -3.88. The van der Waals surface area contributed by atoms with Gasteiger partial charge in [0.05, 0.1) is 25.0 Å². The SMILES string of the molecule is COCCOc1cc(NC(=O)C(F)(F)F)c(C(=O)O)cc1OC. The van der Waals surface area contributed by atoms with Crippen LogP contribution in [-0.2, 0) is 9.53 Å². The van der Waals surface area contributed by atoms with Crippen molar-refractivity contribution in [2.75, 3.05) is 32.8 Å². The van der Waals surface area contributed by atoms with E-state index in [-0.39, 0.29) is 24.7 Å². The largest absolute Gasteiger partial charge is 0.493 e. The minimum absolute atomic E-state index is 0.0106. The number of hydrogen-bond acceptors (Lipinski definition) is 5. The van der Waals surface area contributed by atoms with Gasteiger partial charge in [0.1, 0.15) is 6.61 Å². The highest BCUT2D eigenvalue weighted by Crippen LogP contribution is 2.34. The number of aromatic carboxylic acids is 1. The Morgan fingerprint density at radius 2 is 1.83 bits per heavy atom. The number of amides is 1. The van der Waals surface area contributed by atoms with E-state index in [0.717, 1.165) is 12.1 Å². The lowest BCUT2D eigenvalue weighted by Crippen LogP contribution is -2.30. The van der Waals surface area contributed by atoms with Crippen LogP contribution in [0.15, 0.2) is 12.1 Å². The highest BCUT2D eigenvalue weighted by Gasteiger charge is 2.39. The molecule has 0 bridgehead atoms. The molecule has 128 valence electrons. The van der Waals surface area contributed by atoms with E-state index in [0.29, 0.717) is 0 Å². The van der Waals surface area contributed by atoms with Crippen molar-refractivity contribution in [2.45, 2.75) is 6.18 Å². The summed E-state index contributed by atoms with van der Waals surface area (Å²) in [6.45, 7) is 0.236. The van der Waals surface area contributed by atoms with Crippen LogP contribution < -0.4 is 14.8 Å². The van der Waals surface area contributed by atoms with Gasteiger partial charge in [0.2, 0.25) is 0 Å². The van der Waals surface area contributed by atoms with Crippen LogP contribution in [0.1, 0.15) is 10.4 Å². The third kappa shape index (κ3) is 5.02. The van der Waals surface area contributed by atoms with Crippen LogP contribution in [0.2, 0.25) is 0 Å². The molecule has 0 atom stereocenters.